The topological polar surface area (TPSA) is 105 Å². The molecule has 1 aliphatic heterocycles. The molecule has 3 aromatic heterocycles. The minimum absolute atomic E-state index is 0.0726. The number of nitrogens with one attached hydrogen (secondary N) is 1. The molecule has 2 fully saturated rings. The number of fused-ring (bicyclic) bond motifs is 2. The molecule has 0 spiro atoms. The smallest absolute Gasteiger partial charge is 0.234 e. The van der Waals surface area contributed by atoms with Crippen LogP contribution in [0.1, 0.15) is 36.0 Å². The van der Waals surface area contributed by atoms with Crippen LogP contribution in [0, 0.1) is 24.2 Å². The van der Waals surface area contributed by atoms with Crippen molar-refractivity contribution in [3.8, 4) is 11.3 Å². The zero-order valence-corrected chi connectivity index (χ0v) is 21.3. The molecule has 4 heterocycles. The molecule has 2 amide bonds. The number of imide groups is 1. The van der Waals surface area contributed by atoms with E-state index in [4.69, 9.17) is 4.74 Å². The van der Waals surface area contributed by atoms with Crippen LogP contribution < -0.4 is 5.32 Å². The number of rotatable bonds is 8. The van der Waals surface area contributed by atoms with E-state index in [1.807, 2.05) is 46.0 Å². The summed E-state index contributed by atoms with van der Waals surface area (Å²) in [5.74, 6) is -0.525. The molecule has 2 N–H and O–H groups in total. The fourth-order valence-corrected chi connectivity index (χ4v) is 6.55. The largest absolute Gasteiger partial charge is 0.386 e. The highest BCUT2D eigenvalue weighted by atomic mass is 32.1. The van der Waals surface area contributed by atoms with Gasteiger partial charge in [0.1, 0.15) is 6.10 Å². The van der Waals surface area contributed by atoms with Crippen LogP contribution in [0.15, 0.2) is 30.6 Å². The first kappa shape index (κ1) is 24.0. The number of nitrogens with zero attached hydrogens (tertiary/aromatic N) is 3. The zero-order chi connectivity index (χ0) is 25.1. The van der Waals surface area contributed by atoms with Crippen molar-refractivity contribution in [2.24, 2.45) is 17.3 Å². The molecule has 3 aromatic rings. The van der Waals surface area contributed by atoms with Gasteiger partial charge in [-0.05, 0) is 43.1 Å². The van der Waals surface area contributed by atoms with E-state index in [0.29, 0.717) is 17.8 Å². The minimum atomic E-state index is -0.881. The maximum Gasteiger partial charge on any atom is 0.234 e. The predicted molar refractivity (Wildman–Crippen MR) is 134 cm³/mol. The van der Waals surface area contributed by atoms with Crippen molar-refractivity contribution in [2.75, 3.05) is 20.7 Å². The maximum absolute atomic E-state index is 12.8. The standard InChI is InChI=1S/C26H30N4O4S/c1-13-6-8-29-21(18(13)22(31)17(34-5)11-27-4)15-7-9-28-16-10-14(35-23(15)16)12-30-24(32)19-20(25(30)33)26(19,2)3/h6-10,17,19-20,22,27,31H,11-12H2,1-5H3. The summed E-state index contributed by atoms with van der Waals surface area (Å²) in [5, 5.41) is 14.3. The van der Waals surface area contributed by atoms with Crippen molar-refractivity contribution in [3.05, 3.63) is 46.6 Å². The van der Waals surface area contributed by atoms with Crippen LogP contribution in [0.2, 0.25) is 0 Å². The van der Waals surface area contributed by atoms with Crippen molar-refractivity contribution < 1.29 is 19.4 Å². The Morgan fingerprint density at radius 3 is 2.54 bits per heavy atom. The number of likely N-dealkylation sites (N-methyl/N-ethyl adjacent to an activating group) is 1. The number of aryl methyl sites for hydroxylation is 1. The molecule has 8 nitrogen and oxygen atoms in total. The second-order valence-electron chi connectivity index (χ2n) is 9.99. The summed E-state index contributed by atoms with van der Waals surface area (Å²) in [6.45, 7) is 6.65. The Morgan fingerprint density at radius 1 is 1.20 bits per heavy atom. The Kier molecular flexibility index (Phi) is 5.99. The maximum atomic E-state index is 12.8. The monoisotopic (exact) mass is 494 g/mol. The highest BCUT2D eigenvalue weighted by Gasteiger charge is 2.72. The lowest BCUT2D eigenvalue weighted by molar-refractivity contribution is -0.143. The Morgan fingerprint density at radius 2 is 1.89 bits per heavy atom. The Hall–Kier alpha value is -2.72. The van der Waals surface area contributed by atoms with E-state index < -0.39 is 12.2 Å². The first-order valence-electron chi connectivity index (χ1n) is 11.7. The highest BCUT2D eigenvalue weighted by molar-refractivity contribution is 7.19. The number of aromatic nitrogens is 2. The minimum Gasteiger partial charge on any atom is -0.386 e. The van der Waals surface area contributed by atoms with Gasteiger partial charge in [0.25, 0.3) is 0 Å². The average molecular weight is 495 g/mol. The van der Waals surface area contributed by atoms with E-state index in [2.05, 4.69) is 15.3 Å². The fraction of sp³-hybridized carbons (Fsp3) is 0.462. The van der Waals surface area contributed by atoms with E-state index >= 15 is 0 Å². The van der Waals surface area contributed by atoms with Gasteiger partial charge >= 0.3 is 0 Å². The first-order valence-corrected chi connectivity index (χ1v) is 12.6. The normalized spacial score (nSPS) is 22.5. The SMILES string of the molecule is CNCC(OC)C(O)c1c(C)ccnc1-c1ccnc2cc(CN3C(=O)C4C(C3=O)C4(C)C)sc12. The molecule has 2 aliphatic rings. The number of carbonyl (C=O) groups excluding carboxylic acids is 2. The van der Waals surface area contributed by atoms with Crippen molar-refractivity contribution >= 4 is 33.4 Å². The van der Waals surface area contributed by atoms with Crippen LogP contribution in [-0.2, 0) is 20.9 Å². The third-order valence-corrected chi connectivity index (χ3v) is 8.63. The summed E-state index contributed by atoms with van der Waals surface area (Å²) in [5.41, 5.74) is 3.70. The van der Waals surface area contributed by atoms with E-state index in [9.17, 15) is 14.7 Å². The van der Waals surface area contributed by atoms with Crippen LogP contribution in [-0.4, -0.2) is 58.6 Å². The molecule has 1 saturated heterocycles. The van der Waals surface area contributed by atoms with E-state index in [0.717, 1.165) is 26.2 Å². The first-order chi connectivity index (χ1) is 16.7. The molecule has 0 radical (unpaired) electrons. The number of carbonyl (C=O) groups is 2. The summed E-state index contributed by atoms with van der Waals surface area (Å²) in [4.78, 5) is 37.1. The Bertz CT molecular complexity index is 1300. The number of amides is 2. The third-order valence-electron chi connectivity index (χ3n) is 7.49. The molecule has 35 heavy (non-hydrogen) atoms. The number of hydrogen-bond donors (Lipinski definition) is 2. The molecular weight excluding hydrogens is 464 g/mol. The van der Waals surface area contributed by atoms with Gasteiger partial charge in [-0.2, -0.15) is 0 Å². The lowest BCUT2D eigenvalue weighted by atomic mass is 9.94. The highest BCUT2D eigenvalue weighted by Crippen LogP contribution is 2.63. The zero-order valence-electron chi connectivity index (χ0n) is 20.5. The van der Waals surface area contributed by atoms with Gasteiger partial charge in [0.15, 0.2) is 0 Å². The number of ether oxygens (including phenoxy) is 1. The van der Waals surface area contributed by atoms with E-state index in [-0.39, 0.29) is 35.6 Å². The fourth-order valence-electron chi connectivity index (χ4n) is 5.44. The second kappa shape index (κ2) is 8.74. The van der Waals surface area contributed by atoms with Crippen molar-refractivity contribution in [1.82, 2.24) is 20.2 Å². The van der Waals surface area contributed by atoms with Crippen LogP contribution in [0.25, 0.3) is 21.5 Å². The Balaban J connectivity index is 1.51. The van der Waals surface area contributed by atoms with Crippen LogP contribution in [0.5, 0.6) is 0 Å². The van der Waals surface area contributed by atoms with Gasteiger partial charge in [0.05, 0.1) is 40.4 Å². The third kappa shape index (κ3) is 3.78. The van der Waals surface area contributed by atoms with E-state index in [1.54, 1.807) is 19.5 Å². The molecule has 184 valence electrons. The number of hydrogen-bond acceptors (Lipinski definition) is 8. The summed E-state index contributed by atoms with van der Waals surface area (Å²) in [7, 11) is 3.40. The van der Waals surface area contributed by atoms with Gasteiger partial charge in [-0.3, -0.25) is 24.5 Å². The van der Waals surface area contributed by atoms with Gasteiger partial charge in [-0.25, -0.2) is 0 Å². The number of aliphatic hydroxyl groups is 1. The van der Waals surface area contributed by atoms with Crippen LogP contribution >= 0.6 is 11.3 Å². The molecule has 0 aromatic carbocycles. The molecule has 4 unspecified atom stereocenters. The summed E-state index contributed by atoms with van der Waals surface area (Å²) < 4.78 is 6.45. The Labute approximate surface area is 208 Å². The summed E-state index contributed by atoms with van der Waals surface area (Å²) in [6.07, 6.45) is 2.13. The molecule has 4 atom stereocenters. The summed E-state index contributed by atoms with van der Waals surface area (Å²) in [6, 6.07) is 5.71. The predicted octanol–water partition coefficient (Wildman–Crippen LogP) is 3.08. The number of methoxy groups -OCH3 is 1. The average Bonchev–Trinajstić information content (AvgIpc) is 3.07. The molecule has 1 aliphatic carbocycles. The number of likely N-dealkylation sites (tertiary alicyclic amines) is 1. The van der Waals surface area contributed by atoms with Gasteiger partial charge in [-0.1, -0.05) is 13.8 Å². The number of aliphatic hydroxyl groups excluding tert-OH is 1. The number of piperidine rings is 1. The van der Waals surface area contributed by atoms with Gasteiger partial charge in [0.2, 0.25) is 11.8 Å². The van der Waals surface area contributed by atoms with Crippen LogP contribution in [0.4, 0.5) is 0 Å². The van der Waals surface area contributed by atoms with Crippen molar-refractivity contribution in [2.45, 2.75) is 39.5 Å². The second-order valence-corrected chi connectivity index (χ2v) is 11.1. The molecule has 0 bridgehead atoms. The number of pyridine rings is 2. The number of thiophene rings is 1. The summed E-state index contributed by atoms with van der Waals surface area (Å²) >= 11 is 1.50. The van der Waals surface area contributed by atoms with Crippen molar-refractivity contribution in [3.63, 3.8) is 0 Å². The molecule has 9 heteroatoms. The molecule has 1 saturated carbocycles. The van der Waals surface area contributed by atoms with E-state index in [1.165, 1.54) is 16.2 Å². The van der Waals surface area contributed by atoms with Crippen molar-refractivity contribution in [1.29, 1.82) is 0 Å². The molecular formula is C26H30N4O4S. The lowest BCUT2D eigenvalue weighted by Crippen LogP contribution is -2.35. The molecule has 5 rings (SSSR count). The van der Waals surface area contributed by atoms with Gasteiger partial charge < -0.3 is 15.2 Å². The quantitative estimate of drug-likeness (QED) is 0.464. The lowest BCUT2D eigenvalue weighted by Gasteiger charge is -2.25. The van der Waals surface area contributed by atoms with Gasteiger partial charge in [-0.15, -0.1) is 11.3 Å². The van der Waals surface area contributed by atoms with Gasteiger partial charge in [0, 0.05) is 42.1 Å². The van der Waals surface area contributed by atoms with Crippen LogP contribution in [0.3, 0.4) is 0 Å².